The zero-order valence-corrected chi connectivity index (χ0v) is 14.2. The maximum atomic E-state index is 14.1. The molecule has 0 aliphatic heterocycles. The largest absolute Gasteiger partial charge is 0.491 e. The molecule has 0 bridgehead atoms. The summed E-state index contributed by atoms with van der Waals surface area (Å²) in [5.41, 5.74) is 0.768. The van der Waals surface area contributed by atoms with Gasteiger partial charge in [0.25, 0.3) is 10.0 Å². The van der Waals surface area contributed by atoms with Gasteiger partial charge in [-0.05, 0) is 37.1 Å². The molecule has 1 N–H and O–H groups in total. The molecule has 23 heavy (non-hydrogen) atoms. The average molecular weight is 337 g/mol. The number of rotatable bonds is 6. The first kappa shape index (κ1) is 17.3. The number of nitrogens with one attached hydrogen (secondary N) is 1. The SMILES string of the molecule is Cc1ccc(S(=O)(=O)Nc2c(F)cccc2OCC(C)C)cc1. The third-order valence-electron chi connectivity index (χ3n) is 3.12. The molecule has 0 fully saturated rings. The molecule has 0 spiro atoms. The lowest BCUT2D eigenvalue weighted by atomic mass is 10.2. The maximum Gasteiger partial charge on any atom is 0.262 e. The molecule has 0 atom stereocenters. The van der Waals surface area contributed by atoms with Crippen LogP contribution >= 0.6 is 0 Å². The van der Waals surface area contributed by atoms with Crippen LogP contribution in [0.25, 0.3) is 0 Å². The molecule has 0 heterocycles. The maximum absolute atomic E-state index is 14.1. The quantitative estimate of drug-likeness (QED) is 0.868. The van der Waals surface area contributed by atoms with Crippen molar-refractivity contribution in [3.63, 3.8) is 0 Å². The van der Waals surface area contributed by atoms with E-state index in [2.05, 4.69) is 4.72 Å². The molecule has 0 aromatic heterocycles. The van der Waals surface area contributed by atoms with Crippen molar-refractivity contribution >= 4 is 15.7 Å². The highest BCUT2D eigenvalue weighted by Gasteiger charge is 2.19. The van der Waals surface area contributed by atoms with Gasteiger partial charge < -0.3 is 4.74 Å². The van der Waals surface area contributed by atoms with Crippen molar-refractivity contribution in [2.75, 3.05) is 11.3 Å². The molecule has 2 rings (SSSR count). The second kappa shape index (κ2) is 7.00. The Labute approximate surface area is 136 Å². The van der Waals surface area contributed by atoms with Crippen molar-refractivity contribution in [2.24, 2.45) is 5.92 Å². The highest BCUT2D eigenvalue weighted by atomic mass is 32.2. The van der Waals surface area contributed by atoms with E-state index in [-0.39, 0.29) is 22.3 Å². The van der Waals surface area contributed by atoms with Crippen LogP contribution in [0, 0.1) is 18.7 Å². The fourth-order valence-electron chi connectivity index (χ4n) is 1.89. The van der Waals surface area contributed by atoms with Gasteiger partial charge >= 0.3 is 0 Å². The van der Waals surface area contributed by atoms with E-state index in [9.17, 15) is 12.8 Å². The van der Waals surface area contributed by atoms with Crippen LogP contribution in [0.2, 0.25) is 0 Å². The molecule has 0 amide bonds. The Morgan fingerprint density at radius 1 is 1.13 bits per heavy atom. The molecule has 0 saturated carbocycles. The van der Waals surface area contributed by atoms with Crippen LogP contribution in [0.4, 0.5) is 10.1 Å². The van der Waals surface area contributed by atoms with E-state index in [1.165, 1.54) is 24.3 Å². The molecule has 0 unspecified atom stereocenters. The van der Waals surface area contributed by atoms with Gasteiger partial charge in [-0.25, -0.2) is 12.8 Å². The van der Waals surface area contributed by atoms with Gasteiger partial charge in [0.1, 0.15) is 11.4 Å². The Bertz CT molecular complexity index is 771. The first-order valence-corrected chi connectivity index (χ1v) is 8.78. The second-order valence-corrected chi connectivity index (χ2v) is 7.42. The van der Waals surface area contributed by atoms with Gasteiger partial charge in [-0.15, -0.1) is 0 Å². The van der Waals surface area contributed by atoms with Crippen molar-refractivity contribution < 1.29 is 17.5 Å². The van der Waals surface area contributed by atoms with Crippen LogP contribution in [0.1, 0.15) is 19.4 Å². The van der Waals surface area contributed by atoms with Crippen molar-refractivity contribution in [3.8, 4) is 5.75 Å². The molecular formula is C17H20FNO3S. The van der Waals surface area contributed by atoms with Crippen LogP contribution in [0.15, 0.2) is 47.4 Å². The molecule has 4 nitrogen and oxygen atoms in total. The zero-order valence-electron chi connectivity index (χ0n) is 13.3. The van der Waals surface area contributed by atoms with E-state index >= 15 is 0 Å². The number of halogens is 1. The first-order valence-electron chi connectivity index (χ1n) is 7.30. The minimum Gasteiger partial charge on any atom is -0.491 e. The highest BCUT2D eigenvalue weighted by Crippen LogP contribution is 2.30. The van der Waals surface area contributed by atoms with E-state index < -0.39 is 15.8 Å². The van der Waals surface area contributed by atoms with E-state index in [1.54, 1.807) is 18.2 Å². The van der Waals surface area contributed by atoms with Crippen LogP contribution in [0.5, 0.6) is 5.75 Å². The minimum absolute atomic E-state index is 0.0705. The summed E-state index contributed by atoms with van der Waals surface area (Å²) in [6, 6.07) is 10.5. The van der Waals surface area contributed by atoms with Crippen LogP contribution in [0.3, 0.4) is 0 Å². The van der Waals surface area contributed by atoms with Crippen molar-refractivity contribution in [3.05, 3.63) is 53.8 Å². The summed E-state index contributed by atoms with van der Waals surface area (Å²) in [5, 5.41) is 0. The van der Waals surface area contributed by atoms with E-state index in [0.717, 1.165) is 5.56 Å². The third-order valence-corrected chi connectivity index (χ3v) is 4.48. The molecule has 0 aliphatic carbocycles. The minimum atomic E-state index is -3.88. The number of aryl methyl sites for hydroxylation is 1. The summed E-state index contributed by atoms with van der Waals surface area (Å²) in [5.74, 6) is -0.267. The van der Waals surface area contributed by atoms with Gasteiger partial charge in [-0.2, -0.15) is 0 Å². The van der Waals surface area contributed by atoms with Crippen LogP contribution in [-0.2, 0) is 10.0 Å². The fraction of sp³-hybridized carbons (Fsp3) is 0.294. The normalized spacial score (nSPS) is 11.5. The summed E-state index contributed by atoms with van der Waals surface area (Å²) in [6.45, 7) is 6.13. The second-order valence-electron chi connectivity index (χ2n) is 5.74. The number of hydrogen-bond acceptors (Lipinski definition) is 3. The van der Waals surface area contributed by atoms with E-state index in [1.807, 2.05) is 20.8 Å². The molecule has 2 aromatic carbocycles. The van der Waals surface area contributed by atoms with Gasteiger partial charge in [-0.1, -0.05) is 37.6 Å². The van der Waals surface area contributed by atoms with Crippen LogP contribution in [-0.4, -0.2) is 15.0 Å². The van der Waals surface area contributed by atoms with Gasteiger partial charge in [-0.3, -0.25) is 4.72 Å². The molecule has 124 valence electrons. The summed E-state index contributed by atoms with van der Waals surface area (Å²) in [6.07, 6.45) is 0. The van der Waals surface area contributed by atoms with Gasteiger partial charge in [0.2, 0.25) is 0 Å². The zero-order chi connectivity index (χ0) is 17.0. The predicted octanol–water partition coefficient (Wildman–Crippen LogP) is 3.97. The summed E-state index contributed by atoms with van der Waals surface area (Å²) < 4.78 is 46.7. The lowest BCUT2D eigenvalue weighted by Gasteiger charge is -2.15. The van der Waals surface area contributed by atoms with Gasteiger partial charge in [0.05, 0.1) is 11.5 Å². The number of benzene rings is 2. The van der Waals surface area contributed by atoms with Crippen LogP contribution < -0.4 is 9.46 Å². The molecule has 0 saturated heterocycles. The number of hydrogen-bond donors (Lipinski definition) is 1. The van der Waals surface area contributed by atoms with Gasteiger partial charge in [0, 0.05) is 0 Å². The van der Waals surface area contributed by atoms with Crippen molar-refractivity contribution in [1.82, 2.24) is 0 Å². The Morgan fingerprint density at radius 2 is 1.78 bits per heavy atom. The lowest BCUT2D eigenvalue weighted by molar-refractivity contribution is 0.271. The monoisotopic (exact) mass is 337 g/mol. The summed E-state index contributed by atoms with van der Waals surface area (Å²) >= 11 is 0. The Hall–Kier alpha value is -2.08. The molecule has 0 radical (unpaired) electrons. The van der Waals surface area contributed by atoms with E-state index in [4.69, 9.17) is 4.74 Å². The molecule has 2 aromatic rings. The highest BCUT2D eigenvalue weighted by molar-refractivity contribution is 7.92. The summed E-state index contributed by atoms with van der Waals surface area (Å²) in [4.78, 5) is 0.0705. The Balaban J connectivity index is 2.33. The number of sulfonamides is 1. The average Bonchev–Trinajstić information content (AvgIpc) is 2.48. The van der Waals surface area contributed by atoms with Crippen molar-refractivity contribution in [2.45, 2.75) is 25.7 Å². The van der Waals surface area contributed by atoms with E-state index in [0.29, 0.717) is 6.61 Å². The lowest BCUT2D eigenvalue weighted by Crippen LogP contribution is -2.16. The first-order chi connectivity index (χ1) is 10.8. The van der Waals surface area contributed by atoms with Gasteiger partial charge in [0.15, 0.2) is 5.82 Å². The summed E-state index contributed by atoms with van der Waals surface area (Å²) in [7, 11) is -3.88. The Morgan fingerprint density at radius 3 is 2.39 bits per heavy atom. The molecule has 0 aliphatic rings. The third kappa shape index (κ3) is 4.45. The molecular weight excluding hydrogens is 317 g/mol. The standard InChI is InChI=1S/C17H20FNO3S/c1-12(2)11-22-16-6-4-5-15(18)17(16)19-23(20,21)14-9-7-13(3)8-10-14/h4-10,12,19H,11H2,1-3H3. The number of anilines is 1. The number of para-hydroxylation sites is 1. The number of ether oxygens (including phenoxy) is 1. The topological polar surface area (TPSA) is 55.4 Å². The fourth-order valence-corrected chi connectivity index (χ4v) is 2.97. The smallest absolute Gasteiger partial charge is 0.262 e. The molecule has 6 heteroatoms. The van der Waals surface area contributed by atoms with Crippen molar-refractivity contribution in [1.29, 1.82) is 0 Å². The Kier molecular flexibility index (Phi) is 5.26. The predicted molar refractivity (Wildman–Crippen MR) is 88.7 cm³/mol.